The van der Waals surface area contributed by atoms with E-state index < -0.39 is 11.6 Å². The van der Waals surface area contributed by atoms with Gasteiger partial charge in [0.25, 0.3) is 0 Å². The van der Waals surface area contributed by atoms with Crippen LogP contribution in [0.5, 0.6) is 0 Å². The smallest absolute Gasteiger partial charge is 0.160 e. The van der Waals surface area contributed by atoms with E-state index in [0.717, 1.165) is 37.7 Å². The molecule has 2 fully saturated rings. The lowest BCUT2D eigenvalue weighted by Crippen LogP contribution is -2.47. The van der Waals surface area contributed by atoms with Gasteiger partial charge >= 0.3 is 0 Å². The third kappa shape index (κ3) is 3.11. The number of nitrogens with zero attached hydrogens (tertiary/aromatic N) is 1. The minimum absolute atomic E-state index is 0.470. The summed E-state index contributed by atoms with van der Waals surface area (Å²) in [5, 5.41) is 3.64. The molecule has 0 bridgehead atoms. The molecule has 2 nitrogen and oxygen atoms in total. The largest absolute Gasteiger partial charge is 0.370 e. The van der Waals surface area contributed by atoms with Crippen LogP contribution in [-0.2, 0) is 0 Å². The summed E-state index contributed by atoms with van der Waals surface area (Å²) in [6, 6.07) is 4.67. The molecule has 1 aliphatic heterocycles. The molecular formula is C16H22F2N2. The van der Waals surface area contributed by atoms with Crippen LogP contribution in [0, 0.1) is 17.6 Å². The van der Waals surface area contributed by atoms with Crippen LogP contribution in [0.25, 0.3) is 0 Å². The number of rotatable bonds is 4. The highest BCUT2D eigenvalue weighted by Gasteiger charge is 2.23. The van der Waals surface area contributed by atoms with Crippen LogP contribution < -0.4 is 10.2 Å². The number of piperidine rings is 1. The predicted octanol–water partition coefficient (Wildman–Crippen LogP) is 3.32. The Morgan fingerprint density at radius 2 is 1.95 bits per heavy atom. The quantitative estimate of drug-likeness (QED) is 0.910. The number of nitrogens with one attached hydrogen (secondary N) is 1. The molecule has 110 valence electrons. The zero-order valence-corrected chi connectivity index (χ0v) is 11.7. The topological polar surface area (TPSA) is 15.3 Å². The zero-order valence-electron chi connectivity index (χ0n) is 11.7. The van der Waals surface area contributed by atoms with Crippen molar-refractivity contribution in [2.24, 2.45) is 5.92 Å². The van der Waals surface area contributed by atoms with Crippen LogP contribution in [0.2, 0.25) is 0 Å². The molecule has 1 aromatic carbocycles. The SMILES string of the molecule is Fc1ccc(N2CCCC(NCC3CCC3)C2)cc1F. The van der Waals surface area contributed by atoms with Crippen molar-refractivity contribution in [3.63, 3.8) is 0 Å². The van der Waals surface area contributed by atoms with Gasteiger partial charge in [-0.25, -0.2) is 8.78 Å². The van der Waals surface area contributed by atoms with Crippen molar-refractivity contribution in [2.45, 2.75) is 38.1 Å². The second-order valence-corrected chi connectivity index (χ2v) is 6.09. The van der Waals surface area contributed by atoms with E-state index in [4.69, 9.17) is 0 Å². The average Bonchev–Trinajstić information content (AvgIpc) is 2.40. The molecule has 1 atom stereocenters. The first-order valence-electron chi connectivity index (χ1n) is 7.66. The van der Waals surface area contributed by atoms with E-state index in [1.807, 2.05) is 0 Å². The number of hydrogen-bond donors (Lipinski definition) is 1. The van der Waals surface area contributed by atoms with Crippen LogP contribution in [0.4, 0.5) is 14.5 Å². The highest BCUT2D eigenvalue weighted by atomic mass is 19.2. The summed E-state index contributed by atoms with van der Waals surface area (Å²) in [4.78, 5) is 2.16. The Kier molecular flexibility index (Phi) is 4.20. The Morgan fingerprint density at radius 1 is 1.10 bits per heavy atom. The van der Waals surface area contributed by atoms with Crippen LogP contribution in [-0.4, -0.2) is 25.7 Å². The van der Waals surface area contributed by atoms with E-state index in [9.17, 15) is 8.78 Å². The van der Waals surface area contributed by atoms with Crippen molar-refractivity contribution in [1.82, 2.24) is 5.32 Å². The van der Waals surface area contributed by atoms with Crippen molar-refractivity contribution in [1.29, 1.82) is 0 Å². The Bertz CT molecular complexity index is 460. The summed E-state index contributed by atoms with van der Waals surface area (Å²) in [6.45, 7) is 2.92. The van der Waals surface area contributed by atoms with E-state index in [1.54, 1.807) is 6.07 Å². The van der Waals surface area contributed by atoms with Crippen LogP contribution in [0.3, 0.4) is 0 Å². The fourth-order valence-corrected chi connectivity index (χ4v) is 3.09. The van der Waals surface area contributed by atoms with Crippen molar-refractivity contribution in [3.8, 4) is 0 Å². The molecule has 1 heterocycles. The number of halogens is 2. The van der Waals surface area contributed by atoms with E-state index in [0.29, 0.717) is 6.04 Å². The Hall–Kier alpha value is -1.16. The molecule has 0 amide bonds. The highest BCUT2D eigenvalue weighted by Crippen LogP contribution is 2.26. The fraction of sp³-hybridized carbons (Fsp3) is 0.625. The maximum Gasteiger partial charge on any atom is 0.160 e. The van der Waals surface area contributed by atoms with Gasteiger partial charge in [-0.3, -0.25) is 0 Å². The molecule has 4 heteroatoms. The van der Waals surface area contributed by atoms with Gasteiger partial charge in [-0.1, -0.05) is 6.42 Å². The van der Waals surface area contributed by atoms with Crippen molar-refractivity contribution in [3.05, 3.63) is 29.8 Å². The molecule has 20 heavy (non-hydrogen) atoms. The minimum Gasteiger partial charge on any atom is -0.370 e. The molecular weight excluding hydrogens is 258 g/mol. The molecule has 1 aliphatic carbocycles. The van der Waals surface area contributed by atoms with E-state index >= 15 is 0 Å². The second-order valence-electron chi connectivity index (χ2n) is 6.09. The molecule has 0 radical (unpaired) electrons. The van der Waals surface area contributed by atoms with Gasteiger partial charge in [-0.05, 0) is 50.3 Å². The number of anilines is 1. The fourth-order valence-electron chi connectivity index (χ4n) is 3.09. The molecule has 0 aromatic heterocycles. The minimum atomic E-state index is -0.773. The first kappa shape index (κ1) is 13.8. The van der Waals surface area contributed by atoms with E-state index in [2.05, 4.69) is 10.2 Å². The maximum absolute atomic E-state index is 13.3. The Morgan fingerprint density at radius 3 is 2.65 bits per heavy atom. The van der Waals surface area contributed by atoms with Gasteiger partial charge < -0.3 is 10.2 Å². The lowest BCUT2D eigenvalue weighted by atomic mass is 9.85. The van der Waals surface area contributed by atoms with Gasteiger partial charge in [0.15, 0.2) is 11.6 Å². The predicted molar refractivity (Wildman–Crippen MR) is 76.9 cm³/mol. The lowest BCUT2D eigenvalue weighted by Gasteiger charge is -2.36. The second kappa shape index (κ2) is 6.08. The Balaban J connectivity index is 1.57. The van der Waals surface area contributed by atoms with Gasteiger partial charge in [-0.15, -0.1) is 0 Å². The third-order valence-electron chi connectivity index (χ3n) is 4.61. The van der Waals surface area contributed by atoms with Gasteiger partial charge in [0.05, 0.1) is 0 Å². The van der Waals surface area contributed by atoms with Crippen LogP contribution >= 0.6 is 0 Å². The molecule has 1 N–H and O–H groups in total. The molecule has 1 saturated carbocycles. The molecule has 1 aromatic rings. The van der Waals surface area contributed by atoms with Crippen LogP contribution in [0.15, 0.2) is 18.2 Å². The molecule has 0 spiro atoms. The van der Waals surface area contributed by atoms with Crippen molar-refractivity contribution in [2.75, 3.05) is 24.5 Å². The number of hydrogen-bond acceptors (Lipinski definition) is 2. The maximum atomic E-state index is 13.3. The molecule has 1 saturated heterocycles. The summed E-state index contributed by atoms with van der Waals surface area (Å²) in [7, 11) is 0. The Labute approximate surface area is 119 Å². The van der Waals surface area contributed by atoms with Crippen molar-refractivity contribution < 1.29 is 8.78 Å². The molecule has 2 aliphatic rings. The summed E-state index contributed by atoms with van der Waals surface area (Å²) in [5.74, 6) is -0.675. The monoisotopic (exact) mass is 280 g/mol. The van der Waals surface area contributed by atoms with Gasteiger partial charge in [0.1, 0.15) is 0 Å². The molecule has 1 unspecified atom stereocenters. The third-order valence-corrected chi connectivity index (χ3v) is 4.61. The standard InChI is InChI=1S/C16H22F2N2/c17-15-7-6-14(9-16(15)18)20-8-2-5-13(11-20)19-10-12-3-1-4-12/h6-7,9,12-13,19H,1-5,8,10-11H2. The summed E-state index contributed by atoms with van der Waals surface area (Å²) in [5.41, 5.74) is 0.791. The zero-order chi connectivity index (χ0) is 13.9. The number of benzene rings is 1. The summed E-state index contributed by atoms with van der Waals surface area (Å²) in [6.07, 6.45) is 6.35. The van der Waals surface area contributed by atoms with Gasteiger partial charge in [0.2, 0.25) is 0 Å². The van der Waals surface area contributed by atoms with Gasteiger partial charge in [0, 0.05) is 30.9 Å². The van der Waals surface area contributed by atoms with E-state index in [-0.39, 0.29) is 0 Å². The first-order valence-corrected chi connectivity index (χ1v) is 7.66. The highest BCUT2D eigenvalue weighted by molar-refractivity contribution is 5.47. The first-order chi connectivity index (χ1) is 9.72. The van der Waals surface area contributed by atoms with Crippen molar-refractivity contribution >= 4 is 5.69 Å². The summed E-state index contributed by atoms with van der Waals surface area (Å²) < 4.78 is 26.3. The summed E-state index contributed by atoms with van der Waals surface area (Å²) >= 11 is 0. The lowest BCUT2D eigenvalue weighted by molar-refractivity contribution is 0.280. The molecule has 3 rings (SSSR count). The van der Waals surface area contributed by atoms with Gasteiger partial charge in [-0.2, -0.15) is 0 Å². The van der Waals surface area contributed by atoms with E-state index in [1.165, 1.54) is 37.8 Å². The normalized spacial score (nSPS) is 23.7. The van der Waals surface area contributed by atoms with Crippen LogP contribution in [0.1, 0.15) is 32.1 Å². The average molecular weight is 280 g/mol.